The summed E-state index contributed by atoms with van der Waals surface area (Å²) in [5, 5.41) is 4.08. The van der Waals surface area contributed by atoms with Crippen LogP contribution in [0, 0.1) is 0 Å². The van der Waals surface area contributed by atoms with Gasteiger partial charge in [-0.25, -0.2) is 4.98 Å². The van der Waals surface area contributed by atoms with Gasteiger partial charge in [0.2, 0.25) is 0 Å². The second-order valence-electron chi connectivity index (χ2n) is 5.57. The number of rotatable bonds is 4. The van der Waals surface area contributed by atoms with E-state index in [9.17, 15) is 18.0 Å². The van der Waals surface area contributed by atoms with E-state index < -0.39 is 23.0 Å². The third kappa shape index (κ3) is 4.28. The van der Waals surface area contributed by atoms with Gasteiger partial charge in [0.1, 0.15) is 5.82 Å². The van der Waals surface area contributed by atoms with Gasteiger partial charge in [-0.05, 0) is 40.1 Å². The van der Waals surface area contributed by atoms with Crippen LogP contribution in [-0.4, -0.2) is 9.97 Å². The van der Waals surface area contributed by atoms with Crippen molar-refractivity contribution in [3.63, 3.8) is 0 Å². The van der Waals surface area contributed by atoms with Gasteiger partial charge in [-0.15, -0.1) is 0 Å². The highest BCUT2D eigenvalue weighted by Crippen LogP contribution is 2.31. The van der Waals surface area contributed by atoms with E-state index in [-0.39, 0.29) is 28.7 Å². The Labute approximate surface area is 160 Å². The molecule has 2 aromatic heterocycles. The summed E-state index contributed by atoms with van der Waals surface area (Å²) in [4.78, 5) is 18.5. The van der Waals surface area contributed by atoms with Crippen molar-refractivity contribution in [2.24, 2.45) is 0 Å². The van der Waals surface area contributed by atoms with Crippen molar-refractivity contribution in [1.29, 1.82) is 0 Å². The van der Waals surface area contributed by atoms with Crippen molar-refractivity contribution >= 4 is 34.5 Å². The maximum atomic E-state index is 13.5. The molecule has 0 aliphatic heterocycles. The molecule has 0 fully saturated rings. The van der Waals surface area contributed by atoms with Crippen molar-refractivity contribution in [2.75, 3.05) is 0 Å². The number of benzene rings is 1. The van der Waals surface area contributed by atoms with Crippen molar-refractivity contribution in [3.8, 4) is 0 Å². The zero-order valence-corrected chi connectivity index (χ0v) is 15.4. The predicted molar refractivity (Wildman–Crippen MR) is 96.3 cm³/mol. The second kappa shape index (κ2) is 7.42. The molecule has 3 rings (SSSR count). The molecular formula is C17H11Cl2F3N2OS. The summed E-state index contributed by atoms with van der Waals surface area (Å²) in [5.74, 6) is -0.0291. The number of aromatic nitrogens is 2. The maximum Gasteiger partial charge on any atom is 0.433 e. The normalized spacial score (nSPS) is 11.7. The van der Waals surface area contributed by atoms with Gasteiger partial charge in [-0.1, -0.05) is 29.3 Å². The highest BCUT2D eigenvalue weighted by Gasteiger charge is 2.37. The first-order chi connectivity index (χ1) is 12.2. The van der Waals surface area contributed by atoms with E-state index in [0.717, 1.165) is 5.56 Å². The van der Waals surface area contributed by atoms with Gasteiger partial charge in [-0.3, -0.25) is 4.79 Å². The summed E-state index contributed by atoms with van der Waals surface area (Å²) < 4.78 is 40.4. The average Bonchev–Trinajstić information content (AvgIpc) is 3.05. The fraction of sp³-hybridized carbons (Fsp3) is 0.176. The van der Waals surface area contributed by atoms with Crippen molar-refractivity contribution < 1.29 is 13.2 Å². The quantitative estimate of drug-likeness (QED) is 0.621. The lowest BCUT2D eigenvalue weighted by Crippen LogP contribution is -2.25. The predicted octanol–water partition coefficient (Wildman–Crippen LogP) is 5.34. The molecule has 0 unspecified atom stereocenters. The van der Waals surface area contributed by atoms with Crippen molar-refractivity contribution in [3.05, 3.63) is 83.6 Å². The molecule has 0 radical (unpaired) electrons. The molecule has 1 N–H and O–H groups in total. The molecule has 0 saturated heterocycles. The number of nitrogens with one attached hydrogen (secondary N) is 1. The van der Waals surface area contributed by atoms with Gasteiger partial charge < -0.3 is 4.98 Å². The van der Waals surface area contributed by atoms with Crippen molar-refractivity contribution in [2.45, 2.75) is 19.0 Å². The van der Waals surface area contributed by atoms with Crippen LogP contribution in [0.15, 0.2) is 39.8 Å². The Bertz CT molecular complexity index is 985. The van der Waals surface area contributed by atoms with Crippen LogP contribution in [0.2, 0.25) is 10.0 Å². The summed E-state index contributed by atoms with van der Waals surface area (Å²) in [7, 11) is 0. The van der Waals surface area contributed by atoms with Crippen LogP contribution >= 0.6 is 34.5 Å². The van der Waals surface area contributed by atoms with Crippen LogP contribution < -0.4 is 5.56 Å². The fourth-order valence-electron chi connectivity index (χ4n) is 2.47. The third-order valence-corrected chi connectivity index (χ3v) is 5.12. The number of H-pyrrole nitrogens is 1. The monoisotopic (exact) mass is 418 g/mol. The van der Waals surface area contributed by atoms with Crippen molar-refractivity contribution in [1.82, 2.24) is 9.97 Å². The molecule has 0 bridgehead atoms. The number of alkyl halides is 3. The molecule has 1 aromatic carbocycles. The third-order valence-electron chi connectivity index (χ3n) is 3.65. The molecule has 3 nitrogen and oxygen atoms in total. The topological polar surface area (TPSA) is 45.8 Å². The lowest BCUT2D eigenvalue weighted by Gasteiger charge is -2.13. The molecule has 0 amide bonds. The largest absolute Gasteiger partial charge is 0.433 e. The Balaban J connectivity index is 2.03. The number of nitrogens with zero attached hydrogens (tertiary/aromatic N) is 1. The number of hydrogen-bond acceptors (Lipinski definition) is 3. The molecule has 0 saturated carbocycles. The fourth-order valence-corrected chi connectivity index (χ4v) is 3.46. The SMILES string of the molecule is O=c1[nH]c(Cc2ccsc2)nc(C(F)(F)F)c1Cc1ccc(Cl)c(Cl)c1. The van der Waals surface area contributed by atoms with Gasteiger partial charge in [0, 0.05) is 12.8 Å². The molecule has 3 aromatic rings. The van der Waals surface area contributed by atoms with Gasteiger partial charge >= 0.3 is 6.18 Å². The van der Waals surface area contributed by atoms with E-state index in [0.29, 0.717) is 5.56 Å². The first-order valence-corrected chi connectivity index (χ1v) is 9.08. The zero-order valence-electron chi connectivity index (χ0n) is 13.0. The Hall–Kier alpha value is -1.83. The van der Waals surface area contributed by atoms with E-state index in [1.54, 1.807) is 16.8 Å². The number of halogens is 5. The summed E-state index contributed by atoms with van der Waals surface area (Å²) in [6.45, 7) is 0. The first-order valence-electron chi connectivity index (χ1n) is 7.38. The molecule has 0 atom stereocenters. The highest BCUT2D eigenvalue weighted by molar-refractivity contribution is 7.07. The van der Waals surface area contributed by atoms with E-state index in [4.69, 9.17) is 23.2 Å². The number of hydrogen-bond donors (Lipinski definition) is 1. The van der Waals surface area contributed by atoms with E-state index in [1.807, 2.05) is 0 Å². The maximum absolute atomic E-state index is 13.5. The summed E-state index contributed by atoms with van der Waals surface area (Å²) in [6, 6.07) is 6.19. The summed E-state index contributed by atoms with van der Waals surface area (Å²) in [6.07, 6.45) is -4.88. The highest BCUT2D eigenvalue weighted by atomic mass is 35.5. The number of thiophene rings is 1. The second-order valence-corrected chi connectivity index (χ2v) is 7.17. The standard InChI is InChI=1S/C17H11Cl2F3N2OS/c18-12-2-1-9(6-13(12)19)5-11-15(17(20,21)22)23-14(24-16(11)25)7-10-3-4-26-8-10/h1-4,6,8H,5,7H2,(H,23,24,25). The van der Waals surface area contributed by atoms with Gasteiger partial charge in [0.25, 0.3) is 5.56 Å². The molecule has 0 aliphatic carbocycles. The summed E-state index contributed by atoms with van der Waals surface area (Å²) in [5.41, 5.74) is -1.24. The zero-order chi connectivity index (χ0) is 18.9. The van der Waals surface area contributed by atoms with Crippen LogP contribution in [-0.2, 0) is 19.0 Å². The minimum atomic E-state index is -4.75. The Morgan fingerprint density at radius 2 is 1.85 bits per heavy atom. The molecular weight excluding hydrogens is 408 g/mol. The number of aromatic amines is 1. The van der Waals surface area contributed by atoms with E-state index in [1.165, 1.54) is 29.5 Å². The molecule has 136 valence electrons. The molecule has 0 spiro atoms. The molecule has 2 heterocycles. The van der Waals surface area contributed by atoms with Crippen LogP contribution in [0.1, 0.15) is 28.2 Å². The van der Waals surface area contributed by atoms with Gasteiger partial charge in [0.15, 0.2) is 5.69 Å². The molecule has 26 heavy (non-hydrogen) atoms. The van der Waals surface area contributed by atoms with E-state index >= 15 is 0 Å². The van der Waals surface area contributed by atoms with Crippen LogP contribution in [0.4, 0.5) is 13.2 Å². The Morgan fingerprint density at radius 3 is 2.46 bits per heavy atom. The van der Waals surface area contributed by atoms with Gasteiger partial charge in [0.05, 0.1) is 15.6 Å². The van der Waals surface area contributed by atoms with Crippen LogP contribution in [0.3, 0.4) is 0 Å². The van der Waals surface area contributed by atoms with Crippen LogP contribution in [0.5, 0.6) is 0 Å². The van der Waals surface area contributed by atoms with E-state index in [2.05, 4.69) is 9.97 Å². The van der Waals surface area contributed by atoms with Gasteiger partial charge in [-0.2, -0.15) is 24.5 Å². The first kappa shape index (κ1) is 18.9. The average molecular weight is 419 g/mol. The lowest BCUT2D eigenvalue weighted by molar-refractivity contribution is -0.142. The van der Waals surface area contributed by atoms with Crippen LogP contribution in [0.25, 0.3) is 0 Å². The molecule has 9 heteroatoms. The Kier molecular flexibility index (Phi) is 5.41. The summed E-state index contributed by atoms with van der Waals surface area (Å²) >= 11 is 13.1. The Morgan fingerprint density at radius 1 is 1.08 bits per heavy atom. The smallest absolute Gasteiger partial charge is 0.310 e. The minimum absolute atomic E-state index is 0.0291. The minimum Gasteiger partial charge on any atom is -0.310 e. The molecule has 0 aliphatic rings. The lowest BCUT2D eigenvalue weighted by atomic mass is 10.0.